The molecule has 4 rings (SSSR count). The molecule has 0 bridgehead atoms. The van der Waals surface area contributed by atoms with E-state index in [0.717, 1.165) is 10.0 Å². The fraction of sp³-hybridized carbons (Fsp3) is 0.143. The summed E-state index contributed by atoms with van der Waals surface area (Å²) in [5, 5.41) is 27.4. The molecular weight excluding hydrogens is 452 g/mol. The van der Waals surface area contributed by atoms with Crippen molar-refractivity contribution in [1.82, 2.24) is 10.2 Å². The molecule has 0 amide bonds. The van der Waals surface area contributed by atoms with Gasteiger partial charge in [0, 0.05) is 10.0 Å². The van der Waals surface area contributed by atoms with Crippen LogP contribution in [0.5, 0.6) is 23.1 Å². The third-order valence-electron chi connectivity index (χ3n) is 4.91. The third kappa shape index (κ3) is 3.11. The standard InChI is InChI=1S/C21H17BrN4O4/c1-28-14-7-11(8-15(29-2)19(14)27)16-13(9-23)20(24)30-21-17(16)18(25-26-21)10-3-5-12(22)6-4-10/h3-8,16,27H,24H2,1-2H3,(H,25,26)/t16-/m1/s1. The first kappa shape index (κ1) is 19.7. The SMILES string of the molecule is COc1cc([C@@H]2C(C#N)=C(N)Oc3n[nH]c(-c4ccc(Br)cc4)c32)cc(OC)c1O. The highest BCUT2D eigenvalue weighted by molar-refractivity contribution is 9.10. The Morgan fingerprint density at radius 1 is 1.20 bits per heavy atom. The van der Waals surface area contributed by atoms with E-state index in [1.807, 2.05) is 24.3 Å². The Morgan fingerprint density at radius 2 is 1.83 bits per heavy atom. The maximum atomic E-state index is 10.3. The second kappa shape index (κ2) is 7.65. The Morgan fingerprint density at radius 3 is 2.40 bits per heavy atom. The molecule has 0 fully saturated rings. The van der Waals surface area contributed by atoms with Crippen LogP contribution in [0.1, 0.15) is 17.0 Å². The highest BCUT2D eigenvalue weighted by Crippen LogP contribution is 2.48. The molecule has 0 unspecified atom stereocenters. The maximum absolute atomic E-state index is 10.3. The van der Waals surface area contributed by atoms with E-state index in [4.69, 9.17) is 19.9 Å². The number of hydrogen-bond acceptors (Lipinski definition) is 7. The van der Waals surface area contributed by atoms with Crippen LogP contribution >= 0.6 is 15.9 Å². The van der Waals surface area contributed by atoms with E-state index in [1.165, 1.54) is 14.2 Å². The van der Waals surface area contributed by atoms with Crippen LogP contribution < -0.4 is 19.9 Å². The molecule has 0 aliphatic carbocycles. The zero-order valence-electron chi connectivity index (χ0n) is 16.1. The minimum Gasteiger partial charge on any atom is -0.502 e. The summed E-state index contributed by atoms with van der Waals surface area (Å²) in [4.78, 5) is 0. The van der Waals surface area contributed by atoms with E-state index in [9.17, 15) is 10.4 Å². The highest BCUT2D eigenvalue weighted by atomic mass is 79.9. The number of nitrogens with one attached hydrogen (secondary N) is 1. The number of fused-ring (bicyclic) bond motifs is 1. The molecule has 152 valence electrons. The number of methoxy groups -OCH3 is 2. The van der Waals surface area contributed by atoms with Gasteiger partial charge in [-0.15, -0.1) is 5.10 Å². The molecule has 0 spiro atoms. The van der Waals surface area contributed by atoms with Gasteiger partial charge in [-0.3, -0.25) is 5.10 Å². The number of allylic oxidation sites excluding steroid dienone is 1. The topological polar surface area (TPSA) is 126 Å². The van der Waals surface area contributed by atoms with Crippen molar-refractivity contribution in [1.29, 1.82) is 5.26 Å². The van der Waals surface area contributed by atoms with Crippen LogP contribution in [0.25, 0.3) is 11.3 Å². The summed E-state index contributed by atoms with van der Waals surface area (Å²) in [6.45, 7) is 0. The first-order valence-electron chi connectivity index (χ1n) is 8.85. The molecule has 4 N–H and O–H groups in total. The lowest BCUT2D eigenvalue weighted by Gasteiger charge is -2.25. The number of ether oxygens (including phenoxy) is 3. The number of aromatic hydroxyl groups is 1. The number of nitrogens with two attached hydrogens (primary N) is 1. The van der Waals surface area contributed by atoms with Crippen LogP contribution in [-0.2, 0) is 0 Å². The van der Waals surface area contributed by atoms with Crippen LogP contribution in [0.4, 0.5) is 0 Å². The Bertz CT molecular complexity index is 1170. The molecule has 1 atom stereocenters. The molecule has 8 nitrogen and oxygen atoms in total. The molecule has 2 aromatic carbocycles. The predicted octanol–water partition coefficient (Wildman–Crippen LogP) is 3.78. The van der Waals surface area contributed by atoms with Crippen molar-refractivity contribution in [3.63, 3.8) is 0 Å². The van der Waals surface area contributed by atoms with E-state index < -0.39 is 5.92 Å². The lowest BCUT2D eigenvalue weighted by atomic mass is 9.82. The fourth-order valence-corrected chi connectivity index (χ4v) is 3.76. The lowest BCUT2D eigenvalue weighted by molar-refractivity contribution is 0.338. The second-order valence-electron chi connectivity index (χ2n) is 6.52. The van der Waals surface area contributed by atoms with Crippen molar-refractivity contribution >= 4 is 15.9 Å². The monoisotopic (exact) mass is 468 g/mol. The summed E-state index contributed by atoms with van der Waals surface area (Å²) in [6, 6.07) is 13.1. The van der Waals surface area contributed by atoms with E-state index in [1.54, 1.807) is 12.1 Å². The van der Waals surface area contributed by atoms with Crippen molar-refractivity contribution in [2.45, 2.75) is 5.92 Å². The minimum absolute atomic E-state index is 0.0325. The van der Waals surface area contributed by atoms with Crippen molar-refractivity contribution in [3.8, 4) is 40.5 Å². The molecule has 1 aliphatic rings. The number of H-pyrrole nitrogens is 1. The van der Waals surface area contributed by atoms with Crippen LogP contribution in [0, 0.1) is 11.3 Å². The predicted molar refractivity (Wildman–Crippen MR) is 112 cm³/mol. The average molecular weight is 469 g/mol. The van der Waals surface area contributed by atoms with Gasteiger partial charge in [-0.05, 0) is 29.8 Å². The molecule has 0 saturated carbocycles. The van der Waals surface area contributed by atoms with E-state index in [0.29, 0.717) is 16.8 Å². The quantitative estimate of drug-likeness (QED) is 0.531. The highest BCUT2D eigenvalue weighted by Gasteiger charge is 2.36. The van der Waals surface area contributed by atoms with Gasteiger partial charge in [-0.2, -0.15) is 5.26 Å². The van der Waals surface area contributed by atoms with Crippen molar-refractivity contribution in [2.24, 2.45) is 5.73 Å². The smallest absolute Gasteiger partial charge is 0.244 e. The summed E-state index contributed by atoms with van der Waals surface area (Å²) < 4.78 is 17.1. The first-order valence-corrected chi connectivity index (χ1v) is 9.64. The average Bonchev–Trinajstić information content (AvgIpc) is 3.16. The number of halogens is 1. The number of nitrogens with zero attached hydrogens (tertiary/aromatic N) is 2. The van der Waals surface area contributed by atoms with Gasteiger partial charge in [0.15, 0.2) is 11.5 Å². The van der Waals surface area contributed by atoms with E-state index >= 15 is 0 Å². The summed E-state index contributed by atoms with van der Waals surface area (Å²) in [5.41, 5.74) is 9.08. The molecular formula is C21H17BrN4O4. The summed E-state index contributed by atoms with van der Waals surface area (Å²) in [5.74, 6) is -0.0782. The molecule has 1 aromatic heterocycles. The number of benzene rings is 2. The van der Waals surface area contributed by atoms with E-state index in [2.05, 4.69) is 32.2 Å². The Kier molecular flexibility index (Phi) is 5.01. The van der Waals surface area contributed by atoms with Crippen LogP contribution in [0.3, 0.4) is 0 Å². The molecule has 0 saturated heterocycles. The molecule has 30 heavy (non-hydrogen) atoms. The van der Waals surface area contributed by atoms with Gasteiger partial charge in [0.1, 0.15) is 11.6 Å². The molecule has 0 radical (unpaired) electrons. The molecule has 1 aliphatic heterocycles. The van der Waals surface area contributed by atoms with Crippen LogP contribution in [0.15, 0.2) is 52.3 Å². The van der Waals surface area contributed by atoms with Gasteiger partial charge in [0.25, 0.3) is 0 Å². The number of rotatable bonds is 4. The van der Waals surface area contributed by atoms with Gasteiger partial charge in [-0.25, -0.2) is 0 Å². The number of nitriles is 1. The van der Waals surface area contributed by atoms with E-state index in [-0.39, 0.29) is 34.6 Å². The second-order valence-corrected chi connectivity index (χ2v) is 7.44. The normalized spacial score (nSPS) is 15.2. The van der Waals surface area contributed by atoms with Gasteiger partial charge >= 0.3 is 0 Å². The molecule has 9 heteroatoms. The summed E-state index contributed by atoms with van der Waals surface area (Å²) >= 11 is 3.43. The Labute approximate surface area is 180 Å². The van der Waals surface area contributed by atoms with Gasteiger partial charge < -0.3 is 25.1 Å². The van der Waals surface area contributed by atoms with Gasteiger partial charge in [0.05, 0.1) is 31.4 Å². The van der Waals surface area contributed by atoms with Crippen molar-refractivity contribution < 1.29 is 19.3 Å². The van der Waals surface area contributed by atoms with Crippen molar-refractivity contribution in [3.05, 3.63) is 63.5 Å². The number of phenolic OH excluding ortho intramolecular Hbond substituents is 1. The lowest BCUT2D eigenvalue weighted by Crippen LogP contribution is -2.21. The summed E-state index contributed by atoms with van der Waals surface area (Å²) in [6.07, 6.45) is 0. The zero-order chi connectivity index (χ0) is 21.4. The van der Waals surface area contributed by atoms with Crippen molar-refractivity contribution in [2.75, 3.05) is 14.2 Å². The Hall–Kier alpha value is -3.64. The maximum Gasteiger partial charge on any atom is 0.244 e. The number of phenols is 1. The van der Waals surface area contributed by atoms with Crippen LogP contribution in [0.2, 0.25) is 0 Å². The zero-order valence-corrected chi connectivity index (χ0v) is 17.6. The first-order chi connectivity index (χ1) is 14.5. The Balaban J connectivity index is 1.98. The molecule has 2 heterocycles. The van der Waals surface area contributed by atoms with Crippen LogP contribution in [-0.4, -0.2) is 29.5 Å². The summed E-state index contributed by atoms with van der Waals surface area (Å²) in [7, 11) is 2.88. The van der Waals surface area contributed by atoms with Gasteiger partial charge in [0.2, 0.25) is 17.5 Å². The number of aromatic nitrogens is 2. The fourth-order valence-electron chi connectivity index (χ4n) is 3.50. The third-order valence-corrected chi connectivity index (χ3v) is 5.44. The largest absolute Gasteiger partial charge is 0.502 e. The van der Waals surface area contributed by atoms with Gasteiger partial charge in [-0.1, -0.05) is 28.1 Å². The number of hydrogen-bond donors (Lipinski definition) is 3. The minimum atomic E-state index is -0.612. The number of aromatic amines is 1. The molecule has 3 aromatic rings.